The Morgan fingerprint density at radius 1 is 1.11 bits per heavy atom. The summed E-state index contributed by atoms with van der Waals surface area (Å²) in [5.41, 5.74) is 0. The second-order valence-electron chi connectivity index (χ2n) is 4.05. The van der Waals surface area contributed by atoms with Crippen LogP contribution >= 0.6 is 0 Å². The van der Waals surface area contributed by atoms with Crippen LogP contribution < -0.4 is 15.5 Å². The van der Waals surface area contributed by atoms with Crippen LogP contribution in [-0.2, 0) is 4.74 Å². The van der Waals surface area contributed by atoms with Crippen molar-refractivity contribution in [1.82, 2.24) is 15.0 Å². The first-order chi connectivity index (χ1) is 8.67. The Morgan fingerprint density at radius 3 is 2.44 bits per heavy atom. The lowest BCUT2D eigenvalue weighted by Crippen LogP contribution is -2.17. The maximum absolute atomic E-state index is 5.00. The highest BCUT2D eigenvalue weighted by Crippen LogP contribution is 2.10. The zero-order valence-electron chi connectivity index (χ0n) is 11.5. The molecule has 0 spiro atoms. The van der Waals surface area contributed by atoms with E-state index in [4.69, 9.17) is 4.74 Å². The van der Waals surface area contributed by atoms with Gasteiger partial charge in [0, 0.05) is 41.4 Å². The summed E-state index contributed by atoms with van der Waals surface area (Å²) in [7, 11) is 7.30. The molecule has 0 radical (unpaired) electrons. The van der Waals surface area contributed by atoms with Crippen LogP contribution in [0.15, 0.2) is 0 Å². The number of rotatable bonds is 8. The molecular weight excluding hydrogens is 232 g/mol. The Bertz CT molecular complexity index is 357. The average molecular weight is 254 g/mol. The summed E-state index contributed by atoms with van der Waals surface area (Å²) in [5.74, 6) is 1.79. The minimum atomic E-state index is 0.563. The molecule has 1 rings (SSSR count). The van der Waals surface area contributed by atoms with Crippen molar-refractivity contribution in [2.45, 2.75) is 12.8 Å². The number of aromatic nitrogens is 3. The second-order valence-corrected chi connectivity index (χ2v) is 4.05. The first kappa shape index (κ1) is 14.4. The standard InChI is InChI=1S/C11H22N6O/c1-12-9-14-10(13-7-5-6-8-18-4)16-11(15-9)17(2)3/h5-8H2,1-4H3,(H2,12,13,14,15,16). The van der Waals surface area contributed by atoms with Crippen molar-refractivity contribution in [3.05, 3.63) is 0 Å². The summed E-state index contributed by atoms with van der Waals surface area (Å²) in [6.45, 7) is 1.60. The van der Waals surface area contributed by atoms with Gasteiger partial charge in [-0.2, -0.15) is 15.0 Å². The Morgan fingerprint density at radius 2 is 1.83 bits per heavy atom. The smallest absolute Gasteiger partial charge is 0.231 e. The van der Waals surface area contributed by atoms with Crippen molar-refractivity contribution < 1.29 is 4.74 Å². The van der Waals surface area contributed by atoms with Crippen LogP contribution in [0.4, 0.5) is 17.8 Å². The number of unbranched alkanes of at least 4 members (excludes halogenated alkanes) is 1. The van der Waals surface area contributed by atoms with Gasteiger partial charge in [-0.25, -0.2) is 0 Å². The first-order valence-corrected chi connectivity index (χ1v) is 6.01. The third-order valence-electron chi connectivity index (χ3n) is 2.31. The Balaban J connectivity index is 2.56. The van der Waals surface area contributed by atoms with E-state index in [1.54, 1.807) is 14.2 Å². The van der Waals surface area contributed by atoms with E-state index in [1.807, 2.05) is 19.0 Å². The van der Waals surface area contributed by atoms with Crippen molar-refractivity contribution in [2.24, 2.45) is 0 Å². The molecule has 0 unspecified atom stereocenters. The quantitative estimate of drug-likeness (QED) is 0.665. The maximum Gasteiger partial charge on any atom is 0.231 e. The van der Waals surface area contributed by atoms with Crippen LogP contribution in [0.2, 0.25) is 0 Å². The fourth-order valence-corrected chi connectivity index (χ4v) is 1.33. The molecule has 0 aliphatic rings. The van der Waals surface area contributed by atoms with Crippen LogP contribution in [0.5, 0.6) is 0 Å². The molecule has 102 valence electrons. The predicted molar refractivity (Wildman–Crippen MR) is 73.3 cm³/mol. The molecule has 0 saturated heterocycles. The highest BCUT2D eigenvalue weighted by atomic mass is 16.5. The average Bonchev–Trinajstić information content (AvgIpc) is 2.38. The predicted octanol–water partition coefficient (Wildman–Crippen LogP) is 0.818. The number of ether oxygens (including phenoxy) is 1. The van der Waals surface area contributed by atoms with Crippen LogP contribution in [-0.4, -0.2) is 56.4 Å². The fraction of sp³-hybridized carbons (Fsp3) is 0.727. The van der Waals surface area contributed by atoms with Gasteiger partial charge in [-0.15, -0.1) is 0 Å². The third-order valence-corrected chi connectivity index (χ3v) is 2.31. The Labute approximate surface area is 108 Å². The number of anilines is 3. The minimum Gasteiger partial charge on any atom is -0.385 e. The summed E-state index contributed by atoms with van der Waals surface area (Å²) >= 11 is 0. The highest BCUT2D eigenvalue weighted by molar-refractivity contribution is 5.42. The van der Waals surface area contributed by atoms with E-state index in [9.17, 15) is 0 Å². The van der Waals surface area contributed by atoms with E-state index < -0.39 is 0 Å². The third kappa shape index (κ3) is 4.70. The normalized spacial score (nSPS) is 10.2. The van der Waals surface area contributed by atoms with Gasteiger partial charge in [0.2, 0.25) is 17.8 Å². The van der Waals surface area contributed by atoms with Gasteiger partial charge < -0.3 is 20.3 Å². The largest absolute Gasteiger partial charge is 0.385 e. The molecular formula is C11H22N6O. The molecule has 7 nitrogen and oxygen atoms in total. The molecule has 7 heteroatoms. The van der Waals surface area contributed by atoms with Crippen molar-refractivity contribution in [2.75, 3.05) is 56.9 Å². The molecule has 0 bridgehead atoms. The number of nitrogens with zero attached hydrogens (tertiary/aromatic N) is 4. The van der Waals surface area contributed by atoms with Gasteiger partial charge in [-0.3, -0.25) is 0 Å². The van der Waals surface area contributed by atoms with E-state index in [1.165, 1.54) is 0 Å². The summed E-state index contributed by atoms with van der Waals surface area (Å²) < 4.78 is 5.00. The van der Waals surface area contributed by atoms with Crippen molar-refractivity contribution in [3.63, 3.8) is 0 Å². The number of methoxy groups -OCH3 is 1. The molecule has 1 heterocycles. The van der Waals surface area contributed by atoms with Gasteiger partial charge in [0.25, 0.3) is 0 Å². The molecule has 0 aromatic carbocycles. The summed E-state index contributed by atoms with van der Waals surface area (Å²) in [5, 5.41) is 6.11. The van der Waals surface area contributed by atoms with Crippen LogP contribution in [0, 0.1) is 0 Å². The summed E-state index contributed by atoms with van der Waals surface area (Å²) in [4.78, 5) is 14.7. The van der Waals surface area contributed by atoms with Gasteiger partial charge in [-0.05, 0) is 12.8 Å². The van der Waals surface area contributed by atoms with E-state index >= 15 is 0 Å². The first-order valence-electron chi connectivity index (χ1n) is 6.01. The monoisotopic (exact) mass is 254 g/mol. The molecule has 0 saturated carbocycles. The van der Waals surface area contributed by atoms with Gasteiger partial charge in [-0.1, -0.05) is 0 Å². The van der Waals surface area contributed by atoms with Gasteiger partial charge in [0.1, 0.15) is 0 Å². The lowest BCUT2D eigenvalue weighted by Gasteiger charge is -2.13. The number of hydrogen-bond donors (Lipinski definition) is 2. The van der Waals surface area contributed by atoms with Gasteiger partial charge >= 0.3 is 0 Å². The molecule has 0 fully saturated rings. The van der Waals surface area contributed by atoms with E-state index in [2.05, 4.69) is 25.6 Å². The SMILES string of the molecule is CNc1nc(NCCCCOC)nc(N(C)C)n1. The van der Waals surface area contributed by atoms with Gasteiger partial charge in [0.15, 0.2) is 0 Å². The molecule has 1 aromatic heterocycles. The molecule has 0 aliphatic heterocycles. The van der Waals surface area contributed by atoms with Gasteiger partial charge in [0.05, 0.1) is 0 Å². The lowest BCUT2D eigenvalue weighted by molar-refractivity contribution is 0.193. The summed E-state index contributed by atoms with van der Waals surface area (Å²) in [6.07, 6.45) is 2.04. The van der Waals surface area contributed by atoms with Crippen molar-refractivity contribution in [1.29, 1.82) is 0 Å². The van der Waals surface area contributed by atoms with Crippen LogP contribution in [0.1, 0.15) is 12.8 Å². The highest BCUT2D eigenvalue weighted by Gasteiger charge is 2.06. The lowest BCUT2D eigenvalue weighted by atomic mass is 10.3. The Hall–Kier alpha value is -1.63. The molecule has 1 aromatic rings. The zero-order chi connectivity index (χ0) is 13.4. The van der Waals surface area contributed by atoms with Crippen LogP contribution in [0.25, 0.3) is 0 Å². The zero-order valence-corrected chi connectivity index (χ0v) is 11.5. The second kappa shape index (κ2) is 7.65. The molecule has 18 heavy (non-hydrogen) atoms. The van der Waals surface area contributed by atoms with E-state index in [0.717, 1.165) is 26.0 Å². The van der Waals surface area contributed by atoms with E-state index in [0.29, 0.717) is 17.8 Å². The van der Waals surface area contributed by atoms with Crippen LogP contribution in [0.3, 0.4) is 0 Å². The Kier molecular flexibility index (Phi) is 6.13. The molecule has 2 N–H and O–H groups in total. The number of hydrogen-bond acceptors (Lipinski definition) is 7. The summed E-state index contributed by atoms with van der Waals surface area (Å²) in [6, 6.07) is 0. The minimum absolute atomic E-state index is 0.563. The molecule has 0 atom stereocenters. The fourth-order valence-electron chi connectivity index (χ4n) is 1.33. The maximum atomic E-state index is 5.00. The molecule has 0 aliphatic carbocycles. The van der Waals surface area contributed by atoms with Crippen molar-refractivity contribution in [3.8, 4) is 0 Å². The van der Waals surface area contributed by atoms with Crippen molar-refractivity contribution >= 4 is 17.8 Å². The molecule has 0 amide bonds. The van der Waals surface area contributed by atoms with E-state index in [-0.39, 0.29) is 0 Å². The number of nitrogens with one attached hydrogen (secondary N) is 2. The topological polar surface area (TPSA) is 75.2 Å².